The Morgan fingerprint density at radius 3 is 2.54 bits per heavy atom. The smallest absolute Gasteiger partial charge is 0.248 e. The van der Waals surface area contributed by atoms with Crippen LogP contribution in [-0.2, 0) is 9.59 Å². The number of pyridine rings is 1. The summed E-state index contributed by atoms with van der Waals surface area (Å²) in [6, 6.07) is 12.7. The van der Waals surface area contributed by atoms with Crippen LogP contribution in [0.5, 0.6) is 0 Å². The highest BCUT2D eigenvalue weighted by Gasteiger charge is 2.17. The summed E-state index contributed by atoms with van der Waals surface area (Å²) < 4.78 is 0. The molecular formula is C19H16N4O2S. The fourth-order valence-corrected chi connectivity index (χ4v) is 3.09. The van der Waals surface area contributed by atoms with Crippen molar-refractivity contribution in [2.45, 2.75) is 6.92 Å². The second-order valence-electron chi connectivity index (χ2n) is 5.30. The van der Waals surface area contributed by atoms with Gasteiger partial charge in [0.05, 0.1) is 11.4 Å². The molecule has 3 aromatic rings. The standard InChI is InChI=1S/C19H16N4O2S/c1-14(24)23(17-5-3-2-4-6-17)19-22-16(13-26-19)7-8-18(25)21-15-9-11-20-12-10-15/h2-13H,1H3,(H,20,21,25)/b8-7+. The molecular weight excluding hydrogens is 348 g/mol. The van der Waals surface area contributed by atoms with Crippen LogP contribution in [0.25, 0.3) is 6.08 Å². The highest BCUT2D eigenvalue weighted by molar-refractivity contribution is 7.14. The third-order valence-corrected chi connectivity index (χ3v) is 4.23. The molecule has 0 unspecified atom stereocenters. The van der Waals surface area contributed by atoms with Crippen LogP contribution in [-0.4, -0.2) is 21.8 Å². The largest absolute Gasteiger partial charge is 0.322 e. The Labute approximate surface area is 154 Å². The van der Waals surface area contributed by atoms with Crippen LogP contribution in [0.2, 0.25) is 0 Å². The number of benzene rings is 1. The molecule has 2 aromatic heterocycles. The van der Waals surface area contributed by atoms with Gasteiger partial charge in [0.25, 0.3) is 0 Å². The number of carbonyl (C=O) groups is 2. The Morgan fingerprint density at radius 1 is 1.12 bits per heavy atom. The fourth-order valence-electron chi connectivity index (χ4n) is 2.24. The third-order valence-electron chi connectivity index (χ3n) is 3.38. The van der Waals surface area contributed by atoms with Crippen molar-refractivity contribution in [3.8, 4) is 0 Å². The van der Waals surface area contributed by atoms with Crippen LogP contribution in [0, 0.1) is 0 Å². The van der Waals surface area contributed by atoms with Gasteiger partial charge in [-0.1, -0.05) is 18.2 Å². The zero-order valence-corrected chi connectivity index (χ0v) is 14.8. The van der Waals surface area contributed by atoms with Crippen molar-refractivity contribution in [3.63, 3.8) is 0 Å². The molecule has 0 bridgehead atoms. The highest BCUT2D eigenvalue weighted by Crippen LogP contribution is 2.28. The normalized spacial score (nSPS) is 10.7. The lowest BCUT2D eigenvalue weighted by molar-refractivity contribution is -0.116. The molecule has 0 aliphatic rings. The lowest BCUT2D eigenvalue weighted by Crippen LogP contribution is -2.22. The van der Waals surface area contributed by atoms with E-state index in [4.69, 9.17) is 0 Å². The number of nitrogens with zero attached hydrogens (tertiary/aromatic N) is 3. The van der Waals surface area contributed by atoms with Crippen LogP contribution in [0.1, 0.15) is 12.6 Å². The molecule has 1 N–H and O–H groups in total. The first-order valence-corrected chi connectivity index (χ1v) is 8.72. The number of aromatic nitrogens is 2. The summed E-state index contributed by atoms with van der Waals surface area (Å²) in [7, 11) is 0. The molecule has 1 aromatic carbocycles. The van der Waals surface area contributed by atoms with E-state index in [0.717, 1.165) is 5.69 Å². The first kappa shape index (κ1) is 17.5. The minimum atomic E-state index is -0.266. The van der Waals surface area contributed by atoms with Crippen LogP contribution in [0.4, 0.5) is 16.5 Å². The molecule has 26 heavy (non-hydrogen) atoms. The topological polar surface area (TPSA) is 75.2 Å². The van der Waals surface area contributed by atoms with E-state index < -0.39 is 0 Å². The Bertz CT molecular complexity index is 923. The quantitative estimate of drug-likeness (QED) is 0.697. The number of hydrogen-bond donors (Lipinski definition) is 1. The molecule has 0 atom stereocenters. The van der Waals surface area contributed by atoms with Gasteiger partial charge in [0, 0.05) is 36.5 Å². The zero-order chi connectivity index (χ0) is 18.4. The average molecular weight is 364 g/mol. The summed E-state index contributed by atoms with van der Waals surface area (Å²) in [6.07, 6.45) is 6.22. The number of hydrogen-bond acceptors (Lipinski definition) is 5. The molecule has 0 aliphatic heterocycles. The van der Waals surface area contributed by atoms with Gasteiger partial charge in [-0.05, 0) is 30.3 Å². The lowest BCUT2D eigenvalue weighted by Gasteiger charge is -2.17. The van der Waals surface area contributed by atoms with Crippen molar-refractivity contribution < 1.29 is 9.59 Å². The van der Waals surface area contributed by atoms with Crippen molar-refractivity contribution >= 4 is 45.7 Å². The van der Waals surface area contributed by atoms with Crippen molar-refractivity contribution in [3.05, 3.63) is 72.0 Å². The first-order chi connectivity index (χ1) is 12.6. The molecule has 6 nitrogen and oxygen atoms in total. The van der Waals surface area contributed by atoms with Gasteiger partial charge in [-0.3, -0.25) is 19.5 Å². The van der Waals surface area contributed by atoms with E-state index in [1.165, 1.54) is 24.3 Å². The summed E-state index contributed by atoms with van der Waals surface area (Å²) in [4.78, 5) is 33.8. The molecule has 0 saturated heterocycles. The van der Waals surface area contributed by atoms with Crippen LogP contribution < -0.4 is 10.2 Å². The number of para-hydroxylation sites is 1. The number of anilines is 3. The molecule has 130 valence electrons. The van der Waals surface area contributed by atoms with E-state index in [2.05, 4.69) is 15.3 Å². The van der Waals surface area contributed by atoms with E-state index in [1.54, 1.807) is 40.9 Å². The Morgan fingerprint density at radius 2 is 1.85 bits per heavy atom. The number of nitrogens with one attached hydrogen (secondary N) is 1. The van der Waals surface area contributed by atoms with Gasteiger partial charge < -0.3 is 5.32 Å². The van der Waals surface area contributed by atoms with Crippen molar-refractivity contribution in [2.24, 2.45) is 0 Å². The molecule has 2 amide bonds. The lowest BCUT2D eigenvalue weighted by atomic mass is 10.3. The average Bonchev–Trinajstić information content (AvgIpc) is 3.10. The number of carbonyl (C=O) groups excluding carboxylic acids is 2. The van der Waals surface area contributed by atoms with E-state index in [1.807, 2.05) is 30.3 Å². The summed E-state index contributed by atoms with van der Waals surface area (Å²) in [5, 5.41) is 5.08. The number of amides is 2. The van der Waals surface area contributed by atoms with Gasteiger partial charge in [-0.15, -0.1) is 11.3 Å². The van der Waals surface area contributed by atoms with Gasteiger partial charge in [0.2, 0.25) is 11.8 Å². The van der Waals surface area contributed by atoms with Crippen molar-refractivity contribution in [1.82, 2.24) is 9.97 Å². The maximum Gasteiger partial charge on any atom is 0.248 e. The zero-order valence-electron chi connectivity index (χ0n) is 14.0. The van der Waals surface area contributed by atoms with Crippen molar-refractivity contribution in [1.29, 1.82) is 0 Å². The summed E-state index contributed by atoms with van der Waals surface area (Å²) >= 11 is 1.34. The third kappa shape index (κ3) is 4.40. The predicted molar refractivity (Wildman–Crippen MR) is 103 cm³/mol. The van der Waals surface area contributed by atoms with Gasteiger partial charge in [-0.2, -0.15) is 0 Å². The maximum absolute atomic E-state index is 12.0. The van der Waals surface area contributed by atoms with E-state index in [0.29, 0.717) is 16.5 Å². The van der Waals surface area contributed by atoms with E-state index in [-0.39, 0.29) is 11.8 Å². The van der Waals surface area contributed by atoms with Crippen LogP contribution >= 0.6 is 11.3 Å². The SMILES string of the molecule is CC(=O)N(c1ccccc1)c1nc(/C=C/C(=O)Nc2ccncc2)cs1. The molecule has 2 heterocycles. The minimum absolute atomic E-state index is 0.128. The molecule has 0 aliphatic carbocycles. The van der Waals surface area contributed by atoms with Gasteiger partial charge in [0.15, 0.2) is 5.13 Å². The van der Waals surface area contributed by atoms with E-state index in [9.17, 15) is 9.59 Å². The molecule has 3 rings (SSSR count). The maximum atomic E-state index is 12.0. The molecule has 7 heteroatoms. The van der Waals surface area contributed by atoms with Gasteiger partial charge >= 0.3 is 0 Å². The van der Waals surface area contributed by atoms with Crippen LogP contribution in [0.15, 0.2) is 66.3 Å². The van der Waals surface area contributed by atoms with Crippen LogP contribution in [0.3, 0.4) is 0 Å². The molecule has 0 radical (unpaired) electrons. The predicted octanol–water partition coefficient (Wildman–Crippen LogP) is 3.87. The molecule has 0 spiro atoms. The summed E-state index contributed by atoms with van der Waals surface area (Å²) in [5.74, 6) is -0.395. The molecule has 0 saturated carbocycles. The second kappa shape index (κ2) is 8.17. The highest BCUT2D eigenvalue weighted by atomic mass is 32.1. The van der Waals surface area contributed by atoms with Gasteiger partial charge in [-0.25, -0.2) is 4.98 Å². The second-order valence-corrected chi connectivity index (χ2v) is 6.14. The van der Waals surface area contributed by atoms with Gasteiger partial charge in [0.1, 0.15) is 0 Å². The van der Waals surface area contributed by atoms with E-state index >= 15 is 0 Å². The molecule has 0 fully saturated rings. The monoisotopic (exact) mass is 364 g/mol. The minimum Gasteiger partial charge on any atom is -0.322 e. The number of rotatable bonds is 5. The summed E-state index contributed by atoms with van der Waals surface area (Å²) in [6.45, 7) is 1.49. The Kier molecular flexibility index (Phi) is 5.50. The first-order valence-electron chi connectivity index (χ1n) is 7.84. The summed E-state index contributed by atoms with van der Waals surface area (Å²) in [5.41, 5.74) is 2.03. The fraction of sp³-hybridized carbons (Fsp3) is 0.0526. The number of thiazole rings is 1. The Hall–Kier alpha value is -3.32. The Balaban J connectivity index is 1.72. The van der Waals surface area contributed by atoms with Crippen molar-refractivity contribution in [2.75, 3.05) is 10.2 Å².